The van der Waals surface area contributed by atoms with Crippen LogP contribution in [0.3, 0.4) is 0 Å². The molecule has 8 nitrogen and oxygen atoms in total. The highest BCUT2D eigenvalue weighted by Gasteiger charge is 2.08. The van der Waals surface area contributed by atoms with Gasteiger partial charge in [0.05, 0.1) is 10.7 Å². The van der Waals surface area contributed by atoms with Crippen molar-refractivity contribution in [3.05, 3.63) is 46.9 Å². The topological polar surface area (TPSA) is 96.8 Å². The van der Waals surface area contributed by atoms with E-state index in [0.29, 0.717) is 30.5 Å². The first-order chi connectivity index (χ1) is 12.5. The average molecular weight is 371 g/mol. The molecule has 9 heteroatoms. The second-order valence-electron chi connectivity index (χ2n) is 5.78. The van der Waals surface area contributed by atoms with Crippen molar-refractivity contribution in [1.29, 1.82) is 0 Å². The molecule has 3 aromatic rings. The van der Waals surface area contributed by atoms with Crippen LogP contribution in [-0.4, -0.2) is 38.9 Å². The maximum atomic E-state index is 11.8. The van der Waals surface area contributed by atoms with Gasteiger partial charge in [0.1, 0.15) is 11.6 Å². The number of nitrogens with zero attached hydrogens (tertiary/aromatic N) is 4. The van der Waals surface area contributed by atoms with E-state index in [9.17, 15) is 4.79 Å². The number of anilines is 2. The predicted molar refractivity (Wildman–Crippen MR) is 103 cm³/mol. The van der Waals surface area contributed by atoms with Crippen LogP contribution in [0.1, 0.15) is 17.2 Å². The third-order valence-corrected chi connectivity index (χ3v) is 4.31. The van der Waals surface area contributed by atoms with E-state index >= 15 is 0 Å². The van der Waals surface area contributed by atoms with Crippen LogP contribution in [0.25, 0.3) is 5.82 Å². The van der Waals surface area contributed by atoms with Gasteiger partial charge in [0.25, 0.3) is 0 Å². The van der Waals surface area contributed by atoms with E-state index in [1.807, 2.05) is 50.4 Å². The molecule has 0 aromatic carbocycles. The molecule has 3 heterocycles. The van der Waals surface area contributed by atoms with Crippen LogP contribution in [0.15, 0.2) is 29.6 Å². The van der Waals surface area contributed by atoms with Crippen molar-refractivity contribution in [2.45, 2.75) is 20.8 Å². The Morgan fingerprint density at radius 2 is 2.04 bits per heavy atom. The third-order valence-electron chi connectivity index (χ3n) is 3.53. The molecule has 0 atom stereocenters. The van der Waals surface area contributed by atoms with Crippen molar-refractivity contribution in [2.75, 3.05) is 23.7 Å². The first-order valence-electron chi connectivity index (χ1n) is 8.23. The maximum absolute atomic E-state index is 11.8. The van der Waals surface area contributed by atoms with Gasteiger partial charge in [0.15, 0.2) is 5.82 Å². The number of aromatic nitrogens is 4. The average Bonchev–Trinajstić information content (AvgIpc) is 3.20. The molecule has 3 rings (SSSR count). The molecule has 0 aliphatic heterocycles. The van der Waals surface area contributed by atoms with E-state index in [4.69, 9.17) is 0 Å². The van der Waals surface area contributed by atoms with Gasteiger partial charge < -0.3 is 10.6 Å². The van der Waals surface area contributed by atoms with Gasteiger partial charge in [-0.1, -0.05) is 0 Å². The molecule has 26 heavy (non-hydrogen) atoms. The van der Waals surface area contributed by atoms with E-state index in [1.165, 1.54) is 11.3 Å². The summed E-state index contributed by atoms with van der Waals surface area (Å²) in [4.78, 5) is 20.6. The molecule has 2 amide bonds. The highest BCUT2D eigenvalue weighted by atomic mass is 32.1. The number of thiophene rings is 1. The zero-order valence-corrected chi connectivity index (χ0v) is 15.7. The lowest BCUT2D eigenvalue weighted by Crippen LogP contribution is -2.32. The van der Waals surface area contributed by atoms with Gasteiger partial charge in [0, 0.05) is 24.8 Å². The Hall–Kier alpha value is -2.94. The molecular formula is C17H21N7OS. The van der Waals surface area contributed by atoms with E-state index in [2.05, 4.69) is 31.0 Å². The Morgan fingerprint density at radius 1 is 1.19 bits per heavy atom. The molecule has 0 spiro atoms. The maximum Gasteiger partial charge on any atom is 0.319 e. The molecule has 0 saturated heterocycles. The summed E-state index contributed by atoms with van der Waals surface area (Å²) in [6.07, 6.45) is 0. The van der Waals surface area contributed by atoms with Crippen LogP contribution in [-0.2, 0) is 0 Å². The summed E-state index contributed by atoms with van der Waals surface area (Å²) in [5.74, 6) is 2.07. The number of hydrogen-bond donors (Lipinski definition) is 3. The number of nitrogens with one attached hydrogen (secondary N) is 3. The number of hydrogen-bond acceptors (Lipinski definition) is 6. The van der Waals surface area contributed by atoms with Crippen LogP contribution in [0.2, 0.25) is 0 Å². The Labute approximate surface area is 155 Å². The second kappa shape index (κ2) is 7.96. The van der Waals surface area contributed by atoms with Crippen LogP contribution in [0, 0.1) is 20.8 Å². The Kier molecular flexibility index (Phi) is 5.47. The van der Waals surface area contributed by atoms with Crippen LogP contribution in [0.4, 0.5) is 15.6 Å². The standard InChI is InChI=1S/C17H21N7OS/c1-11-9-12(2)24(23-11)15-10-14(20-13(3)21-15)18-6-7-19-17(25)22-16-5-4-8-26-16/h4-5,8-10H,6-7H2,1-3H3,(H,18,20,21)(H2,19,22,25). The van der Waals surface area contributed by atoms with Crippen molar-refractivity contribution in [3.63, 3.8) is 0 Å². The molecule has 0 fully saturated rings. The molecule has 0 aliphatic rings. The lowest BCUT2D eigenvalue weighted by Gasteiger charge is -2.10. The molecule has 0 bridgehead atoms. The van der Waals surface area contributed by atoms with Crippen molar-refractivity contribution in [2.24, 2.45) is 0 Å². The summed E-state index contributed by atoms with van der Waals surface area (Å²) in [6, 6.07) is 7.36. The van der Waals surface area contributed by atoms with E-state index in [-0.39, 0.29) is 6.03 Å². The Bertz CT molecular complexity index is 889. The lowest BCUT2D eigenvalue weighted by molar-refractivity contribution is 0.252. The molecule has 3 aromatic heterocycles. The van der Waals surface area contributed by atoms with Gasteiger partial charge in [-0.25, -0.2) is 19.4 Å². The summed E-state index contributed by atoms with van der Waals surface area (Å²) in [6.45, 7) is 6.79. The van der Waals surface area contributed by atoms with Gasteiger partial charge >= 0.3 is 6.03 Å². The van der Waals surface area contributed by atoms with Crippen molar-refractivity contribution < 1.29 is 4.79 Å². The van der Waals surface area contributed by atoms with E-state index < -0.39 is 0 Å². The number of carbonyl (C=O) groups is 1. The summed E-state index contributed by atoms with van der Waals surface area (Å²) >= 11 is 1.48. The highest BCUT2D eigenvalue weighted by molar-refractivity contribution is 7.14. The van der Waals surface area contributed by atoms with Crippen molar-refractivity contribution in [1.82, 2.24) is 25.1 Å². The molecule has 0 aliphatic carbocycles. The summed E-state index contributed by atoms with van der Waals surface area (Å²) in [5, 5.41) is 16.0. The smallest absolute Gasteiger partial charge is 0.319 e. The number of carbonyl (C=O) groups excluding carboxylic acids is 1. The largest absolute Gasteiger partial charge is 0.368 e. The van der Waals surface area contributed by atoms with Crippen LogP contribution < -0.4 is 16.0 Å². The SMILES string of the molecule is Cc1cc(C)n(-c2cc(NCCNC(=O)Nc3cccs3)nc(C)n2)n1. The van der Waals surface area contributed by atoms with Gasteiger partial charge in [0.2, 0.25) is 0 Å². The fraction of sp³-hybridized carbons (Fsp3) is 0.294. The predicted octanol–water partition coefficient (Wildman–Crippen LogP) is 2.88. The normalized spacial score (nSPS) is 10.6. The van der Waals surface area contributed by atoms with Crippen molar-refractivity contribution >= 4 is 28.2 Å². The number of amides is 2. The third kappa shape index (κ3) is 4.57. The van der Waals surface area contributed by atoms with E-state index in [1.54, 1.807) is 4.68 Å². The molecule has 136 valence electrons. The van der Waals surface area contributed by atoms with Crippen LogP contribution >= 0.6 is 11.3 Å². The fourth-order valence-corrected chi connectivity index (χ4v) is 3.10. The lowest BCUT2D eigenvalue weighted by atomic mass is 10.4. The minimum absolute atomic E-state index is 0.226. The van der Waals surface area contributed by atoms with Gasteiger partial charge in [-0.05, 0) is 44.4 Å². The minimum Gasteiger partial charge on any atom is -0.368 e. The molecular weight excluding hydrogens is 350 g/mol. The minimum atomic E-state index is -0.226. The highest BCUT2D eigenvalue weighted by Crippen LogP contribution is 2.15. The summed E-state index contributed by atoms with van der Waals surface area (Å²) in [7, 11) is 0. The van der Waals surface area contributed by atoms with E-state index in [0.717, 1.165) is 16.4 Å². The Morgan fingerprint density at radius 3 is 2.73 bits per heavy atom. The first kappa shape index (κ1) is 17.9. The molecule has 0 radical (unpaired) electrons. The molecule has 0 unspecified atom stereocenters. The van der Waals surface area contributed by atoms with Gasteiger partial charge in [-0.2, -0.15) is 5.10 Å². The summed E-state index contributed by atoms with van der Waals surface area (Å²) in [5.41, 5.74) is 1.95. The Balaban J connectivity index is 1.55. The first-order valence-corrected chi connectivity index (χ1v) is 9.11. The van der Waals surface area contributed by atoms with Crippen LogP contribution in [0.5, 0.6) is 0 Å². The fourth-order valence-electron chi connectivity index (χ4n) is 2.48. The molecule has 3 N–H and O–H groups in total. The van der Waals surface area contributed by atoms with Gasteiger partial charge in [-0.15, -0.1) is 11.3 Å². The molecule has 0 saturated carbocycles. The number of urea groups is 1. The monoisotopic (exact) mass is 371 g/mol. The zero-order chi connectivity index (χ0) is 18.5. The summed E-state index contributed by atoms with van der Waals surface area (Å²) < 4.78 is 1.79. The van der Waals surface area contributed by atoms with Crippen molar-refractivity contribution in [3.8, 4) is 5.82 Å². The number of aryl methyl sites for hydroxylation is 3. The quantitative estimate of drug-likeness (QED) is 0.579. The second-order valence-corrected chi connectivity index (χ2v) is 6.73. The van der Waals surface area contributed by atoms with Gasteiger partial charge in [-0.3, -0.25) is 5.32 Å². The number of rotatable bonds is 6. The zero-order valence-electron chi connectivity index (χ0n) is 14.9.